The van der Waals surface area contributed by atoms with Crippen LogP contribution in [0.25, 0.3) is 0 Å². The summed E-state index contributed by atoms with van der Waals surface area (Å²) in [7, 11) is 1.76. The highest BCUT2D eigenvalue weighted by Gasteiger charge is 2.13. The summed E-state index contributed by atoms with van der Waals surface area (Å²) in [6, 6.07) is 15.3. The topological polar surface area (TPSA) is 60.0 Å². The number of nitriles is 2. The highest BCUT2D eigenvalue weighted by Crippen LogP contribution is 2.25. The van der Waals surface area contributed by atoms with Gasteiger partial charge >= 0.3 is 6.61 Å². The molecule has 116 valence electrons. The number of benzene rings is 2. The van der Waals surface area contributed by atoms with Crippen molar-refractivity contribution in [3.8, 4) is 17.9 Å². The van der Waals surface area contributed by atoms with Gasteiger partial charge in [-0.2, -0.15) is 19.3 Å². The molecule has 0 aromatic heterocycles. The van der Waals surface area contributed by atoms with Crippen LogP contribution in [0.1, 0.15) is 16.7 Å². The molecule has 0 aliphatic heterocycles. The molecule has 2 aromatic rings. The summed E-state index contributed by atoms with van der Waals surface area (Å²) in [5.41, 5.74) is 2.20. The Morgan fingerprint density at radius 3 is 2.09 bits per heavy atom. The maximum Gasteiger partial charge on any atom is 0.387 e. The molecule has 0 atom stereocenters. The average molecular weight is 313 g/mol. The Morgan fingerprint density at radius 2 is 1.61 bits per heavy atom. The maximum atomic E-state index is 12.1. The van der Waals surface area contributed by atoms with E-state index in [-0.39, 0.29) is 5.75 Å². The van der Waals surface area contributed by atoms with Crippen LogP contribution in [0.4, 0.5) is 14.5 Å². The Hall–Kier alpha value is -3.12. The van der Waals surface area contributed by atoms with Gasteiger partial charge in [-0.15, -0.1) is 0 Å². The fraction of sp³-hybridized carbons (Fsp3) is 0.176. The van der Waals surface area contributed by atoms with Crippen molar-refractivity contribution in [1.82, 2.24) is 0 Å². The molecule has 0 spiro atoms. The summed E-state index contributed by atoms with van der Waals surface area (Å²) in [5, 5.41) is 18.4. The van der Waals surface area contributed by atoms with Crippen LogP contribution in [0.15, 0.2) is 42.5 Å². The van der Waals surface area contributed by atoms with E-state index in [2.05, 4.69) is 16.9 Å². The second kappa shape index (κ2) is 7.24. The van der Waals surface area contributed by atoms with Gasteiger partial charge < -0.3 is 9.64 Å². The van der Waals surface area contributed by atoms with Crippen LogP contribution in [0.5, 0.6) is 5.75 Å². The lowest BCUT2D eigenvalue weighted by molar-refractivity contribution is -0.0498. The summed E-state index contributed by atoms with van der Waals surface area (Å²) in [5.74, 6) is 0.0848. The fourth-order valence-corrected chi connectivity index (χ4v) is 2.26. The minimum atomic E-state index is -2.86. The summed E-state index contributed by atoms with van der Waals surface area (Å²) in [4.78, 5) is 1.78. The van der Waals surface area contributed by atoms with Gasteiger partial charge in [-0.1, -0.05) is 18.2 Å². The lowest BCUT2D eigenvalue weighted by Crippen LogP contribution is -2.18. The molecule has 2 rings (SSSR count). The smallest absolute Gasteiger partial charge is 0.387 e. The van der Waals surface area contributed by atoms with Crippen molar-refractivity contribution in [2.24, 2.45) is 0 Å². The van der Waals surface area contributed by atoms with Gasteiger partial charge in [0.25, 0.3) is 0 Å². The number of para-hydroxylation sites is 1. The van der Waals surface area contributed by atoms with Crippen molar-refractivity contribution in [3.63, 3.8) is 0 Å². The molecule has 0 N–H and O–H groups in total. The Balaban J connectivity index is 2.21. The van der Waals surface area contributed by atoms with Gasteiger partial charge in [0.2, 0.25) is 0 Å². The van der Waals surface area contributed by atoms with Crippen LogP contribution < -0.4 is 9.64 Å². The van der Waals surface area contributed by atoms with Crippen LogP contribution in [-0.2, 0) is 6.54 Å². The standard InChI is InChI=1S/C17H13F2N3O/c1-22(16-13(9-20)3-2-4-14(16)10-21)11-12-5-7-15(8-6-12)23-17(18)19/h2-8,17H,11H2,1H3. The Bertz CT molecular complexity index is 729. The third kappa shape index (κ3) is 3.96. The van der Waals surface area contributed by atoms with Crippen molar-refractivity contribution in [1.29, 1.82) is 10.5 Å². The number of anilines is 1. The summed E-state index contributed by atoms with van der Waals surface area (Å²) in [6.45, 7) is -2.44. The SMILES string of the molecule is CN(Cc1ccc(OC(F)F)cc1)c1c(C#N)cccc1C#N. The zero-order valence-corrected chi connectivity index (χ0v) is 12.3. The normalized spacial score (nSPS) is 10.0. The van der Waals surface area contributed by atoms with E-state index in [1.165, 1.54) is 12.1 Å². The first-order chi connectivity index (χ1) is 11.0. The lowest BCUT2D eigenvalue weighted by Gasteiger charge is -2.22. The predicted octanol–water partition coefficient (Wildman–Crippen LogP) is 3.67. The number of nitrogens with zero attached hydrogens (tertiary/aromatic N) is 3. The molecule has 2 aromatic carbocycles. The molecule has 0 unspecified atom stereocenters. The molecule has 0 radical (unpaired) electrons. The maximum absolute atomic E-state index is 12.1. The first-order valence-electron chi connectivity index (χ1n) is 6.73. The lowest BCUT2D eigenvalue weighted by atomic mass is 10.1. The Morgan fingerprint density at radius 1 is 1.04 bits per heavy atom. The molecule has 0 saturated heterocycles. The van der Waals surface area contributed by atoms with Crippen LogP contribution in [0.2, 0.25) is 0 Å². The van der Waals surface area contributed by atoms with Gasteiger partial charge in [-0.25, -0.2) is 0 Å². The van der Waals surface area contributed by atoms with Gasteiger partial charge in [0.05, 0.1) is 16.8 Å². The highest BCUT2D eigenvalue weighted by molar-refractivity contribution is 5.67. The molecular weight excluding hydrogens is 300 g/mol. The molecular formula is C17H13F2N3O. The summed E-state index contributed by atoms with van der Waals surface area (Å²) >= 11 is 0. The Labute approximate surface area is 132 Å². The fourth-order valence-electron chi connectivity index (χ4n) is 2.26. The van der Waals surface area contributed by atoms with Crippen LogP contribution in [-0.4, -0.2) is 13.7 Å². The van der Waals surface area contributed by atoms with E-state index < -0.39 is 6.61 Å². The van der Waals surface area contributed by atoms with Gasteiger partial charge in [-0.05, 0) is 29.8 Å². The molecule has 0 aliphatic rings. The van der Waals surface area contributed by atoms with Crippen LogP contribution >= 0.6 is 0 Å². The van der Waals surface area contributed by atoms with Crippen molar-refractivity contribution < 1.29 is 13.5 Å². The molecule has 0 amide bonds. The van der Waals surface area contributed by atoms with E-state index in [9.17, 15) is 19.3 Å². The summed E-state index contributed by atoms with van der Waals surface area (Å²) < 4.78 is 28.6. The van der Waals surface area contributed by atoms with Crippen molar-refractivity contribution in [2.45, 2.75) is 13.2 Å². The largest absolute Gasteiger partial charge is 0.435 e. The van der Waals surface area contributed by atoms with Crippen LogP contribution in [0.3, 0.4) is 0 Å². The number of hydrogen-bond donors (Lipinski definition) is 0. The molecule has 0 heterocycles. The van der Waals surface area contributed by atoms with Gasteiger partial charge in [-0.3, -0.25) is 0 Å². The monoisotopic (exact) mass is 313 g/mol. The molecule has 6 heteroatoms. The van der Waals surface area contributed by atoms with Crippen molar-refractivity contribution >= 4 is 5.69 Å². The molecule has 4 nitrogen and oxygen atoms in total. The zero-order valence-electron chi connectivity index (χ0n) is 12.3. The van der Waals surface area contributed by atoms with Crippen LogP contribution in [0, 0.1) is 22.7 Å². The zero-order chi connectivity index (χ0) is 16.8. The molecule has 0 aliphatic carbocycles. The number of halogens is 2. The molecule has 23 heavy (non-hydrogen) atoms. The molecule has 0 fully saturated rings. The Kier molecular flexibility index (Phi) is 5.11. The van der Waals surface area contributed by atoms with Crippen molar-refractivity contribution in [3.05, 3.63) is 59.2 Å². The van der Waals surface area contributed by atoms with Crippen molar-refractivity contribution in [2.75, 3.05) is 11.9 Å². The molecule has 0 saturated carbocycles. The van der Waals surface area contributed by atoms with E-state index in [4.69, 9.17) is 0 Å². The average Bonchev–Trinajstić information content (AvgIpc) is 2.55. The number of alkyl halides is 2. The first kappa shape index (κ1) is 16.3. The molecule has 0 bridgehead atoms. The van der Waals surface area contributed by atoms with E-state index in [0.29, 0.717) is 23.4 Å². The third-order valence-corrected chi connectivity index (χ3v) is 3.23. The second-order valence-electron chi connectivity index (χ2n) is 4.80. The number of hydrogen-bond acceptors (Lipinski definition) is 4. The van der Waals surface area contributed by atoms with E-state index >= 15 is 0 Å². The van der Waals surface area contributed by atoms with Gasteiger partial charge in [0.15, 0.2) is 0 Å². The second-order valence-corrected chi connectivity index (χ2v) is 4.80. The quantitative estimate of drug-likeness (QED) is 0.845. The number of ether oxygens (including phenoxy) is 1. The highest BCUT2D eigenvalue weighted by atomic mass is 19.3. The minimum Gasteiger partial charge on any atom is -0.435 e. The number of rotatable bonds is 5. The first-order valence-corrected chi connectivity index (χ1v) is 6.73. The van der Waals surface area contributed by atoms with Gasteiger partial charge in [0.1, 0.15) is 17.9 Å². The minimum absolute atomic E-state index is 0.0848. The predicted molar refractivity (Wildman–Crippen MR) is 81.1 cm³/mol. The third-order valence-electron chi connectivity index (χ3n) is 3.23. The van der Waals surface area contributed by atoms with E-state index in [1.54, 1.807) is 42.3 Å². The summed E-state index contributed by atoms with van der Waals surface area (Å²) in [6.07, 6.45) is 0. The van der Waals surface area contributed by atoms with E-state index in [1.807, 2.05) is 0 Å². The van der Waals surface area contributed by atoms with E-state index in [0.717, 1.165) is 5.56 Å². The van der Waals surface area contributed by atoms with Gasteiger partial charge in [0, 0.05) is 13.6 Å².